The third-order valence-electron chi connectivity index (χ3n) is 5.41. The van der Waals surface area contributed by atoms with Gasteiger partial charge in [-0.05, 0) is 31.4 Å². The van der Waals surface area contributed by atoms with E-state index in [1.54, 1.807) is 0 Å². The van der Waals surface area contributed by atoms with E-state index in [-0.39, 0.29) is 18.0 Å². The molecular formula is C22H31F3O5. The average molecular weight is 432 g/mol. The minimum Gasteiger partial charge on any atom is -0.406 e. The molecule has 30 heavy (non-hydrogen) atoms. The van der Waals surface area contributed by atoms with Gasteiger partial charge in [-0.15, -0.1) is 13.2 Å². The molecule has 0 spiro atoms. The van der Waals surface area contributed by atoms with Crippen LogP contribution in [0.5, 0.6) is 5.75 Å². The fourth-order valence-corrected chi connectivity index (χ4v) is 3.70. The zero-order valence-electron chi connectivity index (χ0n) is 17.4. The highest BCUT2D eigenvalue weighted by Crippen LogP contribution is 2.30. The number of benzene rings is 1. The fraction of sp³-hybridized carbons (Fsp3) is 0.727. The van der Waals surface area contributed by atoms with Gasteiger partial charge in [-0.25, -0.2) is 0 Å². The first kappa shape index (κ1) is 23.3. The summed E-state index contributed by atoms with van der Waals surface area (Å²) in [5.74, 6) is 0.478. The summed E-state index contributed by atoms with van der Waals surface area (Å²) in [6.07, 6.45) is 1.11. The van der Waals surface area contributed by atoms with Gasteiger partial charge in [0.05, 0.1) is 26.4 Å². The first-order chi connectivity index (χ1) is 14.4. The van der Waals surface area contributed by atoms with Gasteiger partial charge >= 0.3 is 6.36 Å². The Morgan fingerprint density at radius 2 is 1.43 bits per heavy atom. The standard InChI is InChI=1S/C22H31F3O5/c1-2-3-4-5-16-12-26-20(27-13-16)11-6-17-14-28-21(29-15-17)18-7-9-19(10-8-18)30-22(23,24)25/h7-10,16-17,20-21H,2-6,11-15H2,1H3/t16-,17-,20-,21-. The van der Waals surface area contributed by atoms with Crippen LogP contribution in [0, 0.1) is 11.8 Å². The maximum Gasteiger partial charge on any atom is 0.573 e. The van der Waals surface area contributed by atoms with Gasteiger partial charge in [0.2, 0.25) is 0 Å². The summed E-state index contributed by atoms with van der Waals surface area (Å²) >= 11 is 0. The SMILES string of the molecule is CCCCC[C@H]1CO[C@H](CC[C@H]2CO[C@H](c3ccc(OC(F)(F)F)cc3)OC2)OC1. The lowest BCUT2D eigenvalue weighted by Gasteiger charge is -2.32. The molecule has 0 saturated carbocycles. The lowest BCUT2D eigenvalue weighted by atomic mass is 10.0. The molecule has 2 fully saturated rings. The fourth-order valence-electron chi connectivity index (χ4n) is 3.70. The Labute approximate surface area is 175 Å². The quantitative estimate of drug-likeness (QED) is 0.476. The summed E-state index contributed by atoms with van der Waals surface area (Å²) in [5, 5.41) is 0. The number of halogens is 3. The normalized spacial score (nSPS) is 27.7. The Morgan fingerprint density at radius 3 is 2.03 bits per heavy atom. The molecule has 0 unspecified atom stereocenters. The van der Waals surface area contributed by atoms with E-state index in [0.29, 0.717) is 24.7 Å². The second-order valence-corrected chi connectivity index (χ2v) is 8.02. The van der Waals surface area contributed by atoms with Gasteiger partial charge in [-0.1, -0.05) is 38.3 Å². The Hall–Kier alpha value is -1.35. The predicted octanol–water partition coefficient (Wildman–Crippen LogP) is 5.60. The Kier molecular flexibility index (Phi) is 8.80. The largest absolute Gasteiger partial charge is 0.573 e. The average Bonchev–Trinajstić information content (AvgIpc) is 2.73. The molecule has 2 heterocycles. The molecule has 0 amide bonds. The van der Waals surface area contributed by atoms with E-state index in [9.17, 15) is 13.2 Å². The van der Waals surface area contributed by atoms with Crippen molar-refractivity contribution in [1.82, 2.24) is 0 Å². The van der Waals surface area contributed by atoms with Crippen LogP contribution in [0.3, 0.4) is 0 Å². The highest BCUT2D eigenvalue weighted by atomic mass is 19.4. The number of hydrogen-bond donors (Lipinski definition) is 0. The van der Waals surface area contributed by atoms with Crippen LogP contribution in [0.15, 0.2) is 24.3 Å². The van der Waals surface area contributed by atoms with E-state index < -0.39 is 12.7 Å². The Balaban J connectivity index is 1.32. The van der Waals surface area contributed by atoms with Crippen LogP contribution < -0.4 is 4.74 Å². The van der Waals surface area contributed by atoms with Crippen molar-refractivity contribution in [2.75, 3.05) is 26.4 Å². The molecule has 0 aromatic heterocycles. The second kappa shape index (κ2) is 11.3. The summed E-state index contributed by atoms with van der Waals surface area (Å²) < 4.78 is 63.8. The Bertz CT molecular complexity index is 606. The van der Waals surface area contributed by atoms with Crippen molar-refractivity contribution in [3.8, 4) is 5.75 Å². The van der Waals surface area contributed by atoms with Gasteiger partial charge in [-0.3, -0.25) is 0 Å². The van der Waals surface area contributed by atoms with E-state index in [0.717, 1.165) is 32.5 Å². The van der Waals surface area contributed by atoms with E-state index in [1.807, 2.05) is 0 Å². The summed E-state index contributed by atoms with van der Waals surface area (Å²) in [6, 6.07) is 5.56. The minimum atomic E-state index is -4.70. The van der Waals surface area contributed by atoms with Crippen LogP contribution in [0.4, 0.5) is 13.2 Å². The summed E-state index contributed by atoms with van der Waals surface area (Å²) in [7, 11) is 0. The monoisotopic (exact) mass is 432 g/mol. The number of hydrogen-bond acceptors (Lipinski definition) is 5. The predicted molar refractivity (Wildman–Crippen MR) is 104 cm³/mol. The number of alkyl halides is 3. The summed E-state index contributed by atoms with van der Waals surface area (Å²) in [4.78, 5) is 0. The van der Waals surface area contributed by atoms with Crippen LogP contribution in [-0.4, -0.2) is 39.1 Å². The van der Waals surface area contributed by atoms with E-state index in [4.69, 9.17) is 18.9 Å². The summed E-state index contributed by atoms with van der Waals surface area (Å²) in [6.45, 7) is 4.79. The van der Waals surface area contributed by atoms with Gasteiger partial charge in [0.15, 0.2) is 12.6 Å². The second-order valence-electron chi connectivity index (χ2n) is 8.02. The van der Waals surface area contributed by atoms with Crippen LogP contribution in [0.1, 0.15) is 57.3 Å². The highest BCUT2D eigenvalue weighted by Gasteiger charge is 2.31. The topological polar surface area (TPSA) is 46.2 Å². The molecule has 0 bridgehead atoms. The van der Waals surface area contributed by atoms with E-state index in [2.05, 4.69) is 11.7 Å². The van der Waals surface area contributed by atoms with Crippen molar-refractivity contribution >= 4 is 0 Å². The molecule has 5 nitrogen and oxygen atoms in total. The van der Waals surface area contributed by atoms with Crippen molar-refractivity contribution in [3.63, 3.8) is 0 Å². The molecule has 1 aromatic carbocycles. The van der Waals surface area contributed by atoms with Crippen molar-refractivity contribution < 1.29 is 36.9 Å². The van der Waals surface area contributed by atoms with Crippen molar-refractivity contribution in [2.24, 2.45) is 11.8 Å². The van der Waals surface area contributed by atoms with Crippen molar-refractivity contribution in [2.45, 2.75) is 64.4 Å². The molecule has 0 N–H and O–H groups in total. The maximum atomic E-state index is 12.2. The van der Waals surface area contributed by atoms with Crippen LogP contribution >= 0.6 is 0 Å². The minimum absolute atomic E-state index is 0.161. The molecule has 2 aliphatic heterocycles. The van der Waals surface area contributed by atoms with E-state index >= 15 is 0 Å². The van der Waals surface area contributed by atoms with Crippen LogP contribution in [-0.2, 0) is 18.9 Å². The number of ether oxygens (including phenoxy) is 5. The molecule has 3 rings (SSSR count). The van der Waals surface area contributed by atoms with Gasteiger partial charge in [0, 0.05) is 17.4 Å². The third kappa shape index (κ3) is 7.72. The molecular weight excluding hydrogens is 401 g/mol. The van der Waals surface area contributed by atoms with Crippen molar-refractivity contribution in [1.29, 1.82) is 0 Å². The lowest BCUT2D eigenvalue weighted by Crippen LogP contribution is -2.33. The van der Waals surface area contributed by atoms with Crippen molar-refractivity contribution in [3.05, 3.63) is 29.8 Å². The van der Waals surface area contributed by atoms with Gasteiger partial charge in [0.25, 0.3) is 0 Å². The molecule has 2 aliphatic rings. The zero-order valence-corrected chi connectivity index (χ0v) is 17.4. The first-order valence-corrected chi connectivity index (χ1v) is 10.7. The maximum absolute atomic E-state index is 12.2. The van der Waals surface area contributed by atoms with Crippen LogP contribution in [0.25, 0.3) is 0 Å². The molecule has 0 atom stereocenters. The molecule has 1 aromatic rings. The van der Waals surface area contributed by atoms with Crippen LogP contribution in [0.2, 0.25) is 0 Å². The molecule has 8 heteroatoms. The first-order valence-electron chi connectivity index (χ1n) is 10.7. The summed E-state index contributed by atoms with van der Waals surface area (Å²) in [5.41, 5.74) is 0.663. The highest BCUT2D eigenvalue weighted by molar-refractivity contribution is 5.28. The lowest BCUT2D eigenvalue weighted by molar-refractivity contribution is -0.274. The smallest absolute Gasteiger partial charge is 0.406 e. The Morgan fingerprint density at radius 1 is 0.833 bits per heavy atom. The third-order valence-corrected chi connectivity index (χ3v) is 5.41. The molecule has 0 aliphatic carbocycles. The molecule has 2 saturated heterocycles. The molecule has 170 valence electrons. The van der Waals surface area contributed by atoms with Gasteiger partial charge in [-0.2, -0.15) is 0 Å². The van der Waals surface area contributed by atoms with Gasteiger partial charge < -0.3 is 23.7 Å². The zero-order chi connectivity index (χ0) is 21.4. The van der Waals surface area contributed by atoms with Gasteiger partial charge in [0.1, 0.15) is 5.75 Å². The van der Waals surface area contributed by atoms with E-state index in [1.165, 1.54) is 43.5 Å². The number of rotatable bonds is 9. The number of unbranched alkanes of at least 4 members (excludes halogenated alkanes) is 2. The molecule has 0 radical (unpaired) electrons.